The van der Waals surface area contributed by atoms with E-state index in [9.17, 15) is 9.59 Å². The van der Waals surface area contributed by atoms with Crippen molar-refractivity contribution in [2.75, 3.05) is 27.3 Å². The molecule has 138 valence electrons. The number of carbonyl (C=O) groups excluding carboxylic acids is 2. The van der Waals surface area contributed by atoms with Crippen LogP contribution in [0, 0.1) is 5.92 Å². The summed E-state index contributed by atoms with van der Waals surface area (Å²) < 4.78 is 12.0. The van der Waals surface area contributed by atoms with Crippen LogP contribution in [-0.2, 0) is 11.3 Å². The van der Waals surface area contributed by atoms with Crippen molar-refractivity contribution in [2.24, 2.45) is 5.92 Å². The normalized spacial score (nSPS) is 17.0. The highest BCUT2D eigenvalue weighted by molar-refractivity contribution is 5.99. The Morgan fingerprint density at radius 3 is 2.73 bits per heavy atom. The zero-order valence-corrected chi connectivity index (χ0v) is 14.9. The topological polar surface area (TPSA) is 86.6 Å². The second-order valence-corrected chi connectivity index (χ2v) is 6.21. The number of rotatable bonds is 6. The fourth-order valence-corrected chi connectivity index (χ4v) is 3.20. The predicted molar refractivity (Wildman–Crippen MR) is 93.2 cm³/mol. The average molecular weight is 358 g/mol. The number of likely N-dealkylation sites (tertiary alicyclic amines) is 1. The van der Waals surface area contributed by atoms with Crippen LogP contribution in [0.25, 0.3) is 0 Å². The summed E-state index contributed by atoms with van der Waals surface area (Å²) in [6, 6.07) is 5.15. The molecular formula is C18H22N4O4. The van der Waals surface area contributed by atoms with Crippen LogP contribution in [0.1, 0.15) is 23.2 Å². The first-order valence-electron chi connectivity index (χ1n) is 8.48. The van der Waals surface area contributed by atoms with E-state index in [1.165, 1.54) is 24.4 Å². The predicted octanol–water partition coefficient (Wildman–Crippen LogP) is 1.42. The maximum atomic E-state index is 12.9. The zero-order chi connectivity index (χ0) is 18.5. The van der Waals surface area contributed by atoms with Crippen molar-refractivity contribution in [3.63, 3.8) is 0 Å². The van der Waals surface area contributed by atoms with Crippen LogP contribution in [0.15, 0.2) is 30.9 Å². The number of methoxy groups -OCH3 is 2. The Balaban J connectivity index is 1.68. The third kappa shape index (κ3) is 3.84. The first-order chi connectivity index (χ1) is 12.6. The Morgan fingerprint density at radius 1 is 1.23 bits per heavy atom. The van der Waals surface area contributed by atoms with Gasteiger partial charge in [-0.25, -0.2) is 9.67 Å². The average Bonchev–Trinajstić information content (AvgIpc) is 3.19. The molecule has 2 heterocycles. The van der Waals surface area contributed by atoms with Crippen molar-refractivity contribution in [1.82, 2.24) is 19.7 Å². The van der Waals surface area contributed by atoms with E-state index in [4.69, 9.17) is 9.47 Å². The SMILES string of the molecule is COc1ccc(C(=O)[C@H]2CCCN(C(=O)Cn3cncn3)C2)cc1OC. The second kappa shape index (κ2) is 7.99. The number of benzene rings is 1. The lowest BCUT2D eigenvalue weighted by molar-refractivity contribution is -0.133. The number of ketones is 1. The summed E-state index contributed by atoms with van der Waals surface area (Å²) in [5.41, 5.74) is 0.568. The van der Waals surface area contributed by atoms with Gasteiger partial charge in [-0.3, -0.25) is 9.59 Å². The maximum absolute atomic E-state index is 12.9. The van der Waals surface area contributed by atoms with Gasteiger partial charge in [-0.05, 0) is 31.0 Å². The van der Waals surface area contributed by atoms with Crippen molar-refractivity contribution < 1.29 is 19.1 Å². The number of piperidine rings is 1. The van der Waals surface area contributed by atoms with Gasteiger partial charge in [-0.2, -0.15) is 5.10 Å². The summed E-state index contributed by atoms with van der Waals surface area (Å²) in [5, 5.41) is 3.95. The van der Waals surface area contributed by atoms with Gasteiger partial charge in [0, 0.05) is 24.6 Å². The lowest BCUT2D eigenvalue weighted by Crippen LogP contribution is -2.43. The molecule has 1 aliphatic heterocycles. The molecule has 1 aromatic carbocycles. The number of Topliss-reactive ketones (excluding diaryl/α,β-unsaturated/α-hetero) is 1. The van der Waals surface area contributed by atoms with Crippen molar-refractivity contribution in [2.45, 2.75) is 19.4 Å². The molecule has 26 heavy (non-hydrogen) atoms. The minimum absolute atomic E-state index is 0.0178. The molecule has 3 rings (SSSR count). The van der Waals surface area contributed by atoms with Crippen molar-refractivity contribution in [1.29, 1.82) is 0 Å². The summed E-state index contributed by atoms with van der Waals surface area (Å²) in [6.45, 7) is 1.21. The minimum atomic E-state index is -0.221. The van der Waals surface area contributed by atoms with Crippen molar-refractivity contribution in [3.8, 4) is 11.5 Å². The first-order valence-corrected chi connectivity index (χ1v) is 8.48. The summed E-state index contributed by atoms with van der Waals surface area (Å²) in [4.78, 5) is 30.9. The molecule has 1 aliphatic rings. The maximum Gasteiger partial charge on any atom is 0.244 e. The molecule has 0 radical (unpaired) electrons. The van der Waals surface area contributed by atoms with Gasteiger partial charge in [0.2, 0.25) is 5.91 Å². The molecule has 2 aromatic rings. The Kier molecular flexibility index (Phi) is 5.50. The molecule has 0 N–H and O–H groups in total. The molecule has 8 nitrogen and oxygen atoms in total. The molecule has 8 heteroatoms. The smallest absolute Gasteiger partial charge is 0.244 e. The quantitative estimate of drug-likeness (QED) is 0.726. The standard InChI is InChI=1S/C18H22N4O4/c1-25-15-6-5-13(8-16(15)26-2)18(24)14-4-3-7-21(9-14)17(23)10-22-12-19-11-20-22/h5-6,8,11-12,14H,3-4,7,9-10H2,1-2H3/t14-/m0/s1. The van der Waals surface area contributed by atoms with Gasteiger partial charge in [-0.15, -0.1) is 0 Å². The highest BCUT2D eigenvalue weighted by atomic mass is 16.5. The van der Waals surface area contributed by atoms with Gasteiger partial charge in [0.1, 0.15) is 19.2 Å². The number of amides is 1. The van der Waals surface area contributed by atoms with Gasteiger partial charge in [0.25, 0.3) is 0 Å². The number of aromatic nitrogens is 3. The van der Waals surface area contributed by atoms with E-state index in [0.717, 1.165) is 12.8 Å². The van der Waals surface area contributed by atoms with Gasteiger partial charge in [0.05, 0.1) is 14.2 Å². The van der Waals surface area contributed by atoms with E-state index >= 15 is 0 Å². The van der Waals surface area contributed by atoms with E-state index in [1.807, 2.05) is 0 Å². The van der Waals surface area contributed by atoms with Crippen LogP contribution >= 0.6 is 0 Å². The Morgan fingerprint density at radius 2 is 2.04 bits per heavy atom. The lowest BCUT2D eigenvalue weighted by atomic mass is 9.90. The minimum Gasteiger partial charge on any atom is -0.493 e. The third-order valence-corrected chi connectivity index (χ3v) is 4.58. The molecule has 1 aromatic heterocycles. The van der Waals surface area contributed by atoms with Crippen LogP contribution in [-0.4, -0.2) is 58.7 Å². The van der Waals surface area contributed by atoms with Crippen molar-refractivity contribution >= 4 is 11.7 Å². The number of carbonyl (C=O) groups is 2. The van der Waals surface area contributed by atoms with Gasteiger partial charge in [0.15, 0.2) is 17.3 Å². The number of nitrogens with zero attached hydrogens (tertiary/aromatic N) is 4. The highest BCUT2D eigenvalue weighted by Crippen LogP contribution is 2.30. The lowest BCUT2D eigenvalue weighted by Gasteiger charge is -2.32. The fourth-order valence-electron chi connectivity index (χ4n) is 3.20. The van der Waals surface area contributed by atoms with Gasteiger partial charge >= 0.3 is 0 Å². The van der Waals surface area contributed by atoms with Crippen LogP contribution in [0.2, 0.25) is 0 Å². The van der Waals surface area contributed by atoms with E-state index < -0.39 is 0 Å². The molecule has 0 bridgehead atoms. The fraction of sp³-hybridized carbons (Fsp3) is 0.444. The number of hydrogen-bond donors (Lipinski definition) is 0. The van der Waals surface area contributed by atoms with Gasteiger partial charge < -0.3 is 14.4 Å². The Labute approximate surface area is 151 Å². The third-order valence-electron chi connectivity index (χ3n) is 4.58. The molecule has 0 spiro atoms. The number of hydrogen-bond acceptors (Lipinski definition) is 6. The molecule has 0 saturated carbocycles. The molecule has 0 unspecified atom stereocenters. The van der Waals surface area contributed by atoms with Crippen LogP contribution in [0.5, 0.6) is 11.5 Å². The molecule has 0 aliphatic carbocycles. The zero-order valence-electron chi connectivity index (χ0n) is 14.9. The van der Waals surface area contributed by atoms with E-state index in [0.29, 0.717) is 30.2 Å². The molecular weight excluding hydrogens is 336 g/mol. The molecule has 1 atom stereocenters. The monoisotopic (exact) mass is 358 g/mol. The Hall–Kier alpha value is -2.90. The van der Waals surface area contributed by atoms with E-state index in [1.54, 1.807) is 30.2 Å². The van der Waals surface area contributed by atoms with Crippen molar-refractivity contribution in [3.05, 3.63) is 36.4 Å². The highest BCUT2D eigenvalue weighted by Gasteiger charge is 2.29. The molecule has 1 fully saturated rings. The van der Waals surface area contributed by atoms with Crippen LogP contribution < -0.4 is 9.47 Å². The molecule has 1 amide bonds. The Bertz CT molecular complexity index is 776. The summed E-state index contributed by atoms with van der Waals surface area (Å²) in [6.07, 6.45) is 4.47. The largest absolute Gasteiger partial charge is 0.493 e. The second-order valence-electron chi connectivity index (χ2n) is 6.21. The van der Waals surface area contributed by atoms with Gasteiger partial charge in [-0.1, -0.05) is 0 Å². The van der Waals surface area contributed by atoms with Crippen LogP contribution in [0.4, 0.5) is 0 Å². The first kappa shape index (κ1) is 17.9. The molecule has 1 saturated heterocycles. The van der Waals surface area contributed by atoms with E-state index in [-0.39, 0.29) is 24.2 Å². The summed E-state index contributed by atoms with van der Waals surface area (Å²) in [5.74, 6) is 0.844. The van der Waals surface area contributed by atoms with E-state index in [2.05, 4.69) is 10.1 Å². The van der Waals surface area contributed by atoms with Crippen LogP contribution in [0.3, 0.4) is 0 Å². The summed E-state index contributed by atoms with van der Waals surface area (Å²) in [7, 11) is 3.09. The summed E-state index contributed by atoms with van der Waals surface area (Å²) >= 11 is 0. The number of ether oxygens (including phenoxy) is 2.